The number of nitrogens with two attached hydrogens (primary N) is 1. The van der Waals surface area contributed by atoms with Crippen LogP contribution >= 0.6 is 0 Å². The zero-order valence-corrected chi connectivity index (χ0v) is 12.3. The van der Waals surface area contributed by atoms with Crippen molar-refractivity contribution in [3.63, 3.8) is 0 Å². The lowest BCUT2D eigenvalue weighted by Gasteiger charge is -2.36. The molecule has 2 rings (SSSR count). The largest absolute Gasteiger partial charge is 0.375 e. The maximum Gasteiger partial charge on any atom is 0.238 e. The molecule has 2 N–H and O–H groups in total. The zero-order chi connectivity index (χ0) is 15.6. The quantitative estimate of drug-likeness (QED) is 0.861. The minimum absolute atomic E-state index is 0.0226. The van der Waals surface area contributed by atoms with Gasteiger partial charge >= 0.3 is 0 Å². The van der Waals surface area contributed by atoms with Gasteiger partial charge in [-0.2, -0.15) is 4.31 Å². The molecule has 8 heteroatoms. The Bertz CT molecular complexity index is 635. The van der Waals surface area contributed by atoms with Crippen LogP contribution in [-0.4, -0.2) is 43.9 Å². The smallest absolute Gasteiger partial charge is 0.238 e. The number of benzene rings is 1. The Morgan fingerprint density at radius 1 is 1.48 bits per heavy atom. The highest BCUT2D eigenvalue weighted by Crippen LogP contribution is 2.21. The average Bonchev–Trinajstić information content (AvgIpc) is 2.40. The standard InChI is InChI=1S/C13H17FN2O4S/c1-9-12(13(15)17)16(6-7-20-9)21(18,19)8-10-4-2-3-5-11(10)14/h2-5,9,12H,6-8H2,1H3,(H2,15,17)/t9-,12+/m1/s1. The normalized spacial score (nSPS) is 23.9. The highest BCUT2D eigenvalue weighted by Gasteiger charge is 2.40. The Hall–Kier alpha value is -1.51. The Morgan fingerprint density at radius 3 is 2.76 bits per heavy atom. The Balaban J connectivity index is 2.29. The van der Waals surface area contributed by atoms with Crippen LogP contribution in [0.15, 0.2) is 24.3 Å². The Morgan fingerprint density at radius 2 is 2.14 bits per heavy atom. The van der Waals surface area contributed by atoms with E-state index in [1.807, 2.05) is 0 Å². The molecule has 1 aromatic rings. The van der Waals surface area contributed by atoms with Crippen LogP contribution in [0.2, 0.25) is 0 Å². The van der Waals surface area contributed by atoms with Gasteiger partial charge in [0.25, 0.3) is 0 Å². The summed E-state index contributed by atoms with van der Waals surface area (Å²) < 4.78 is 44.8. The van der Waals surface area contributed by atoms with E-state index in [-0.39, 0.29) is 18.7 Å². The Kier molecular flexibility index (Phi) is 4.60. The second-order valence-electron chi connectivity index (χ2n) is 4.88. The molecule has 0 aromatic heterocycles. The summed E-state index contributed by atoms with van der Waals surface area (Å²) >= 11 is 0. The maximum absolute atomic E-state index is 13.6. The number of hydrogen-bond acceptors (Lipinski definition) is 4. The molecule has 21 heavy (non-hydrogen) atoms. The molecule has 116 valence electrons. The fourth-order valence-electron chi connectivity index (χ4n) is 2.37. The molecular formula is C13H17FN2O4S. The number of primary amides is 1. The van der Waals surface area contributed by atoms with Gasteiger partial charge in [0.05, 0.1) is 18.5 Å². The summed E-state index contributed by atoms with van der Waals surface area (Å²) in [5, 5.41) is 0. The highest BCUT2D eigenvalue weighted by atomic mass is 32.2. The van der Waals surface area contributed by atoms with Crippen molar-refractivity contribution in [2.45, 2.75) is 24.8 Å². The topological polar surface area (TPSA) is 89.7 Å². The van der Waals surface area contributed by atoms with Gasteiger partial charge in [-0.15, -0.1) is 0 Å². The molecule has 0 saturated carbocycles. The van der Waals surface area contributed by atoms with E-state index in [1.54, 1.807) is 13.0 Å². The van der Waals surface area contributed by atoms with Crippen molar-refractivity contribution in [3.05, 3.63) is 35.6 Å². The number of halogens is 1. The Labute approximate surface area is 122 Å². The van der Waals surface area contributed by atoms with Gasteiger partial charge in [0, 0.05) is 12.1 Å². The molecule has 1 saturated heterocycles. The van der Waals surface area contributed by atoms with Crippen molar-refractivity contribution in [1.82, 2.24) is 4.31 Å². The minimum atomic E-state index is -3.87. The number of carbonyl (C=O) groups is 1. The zero-order valence-electron chi connectivity index (χ0n) is 11.5. The van der Waals surface area contributed by atoms with Gasteiger partial charge in [0.15, 0.2) is 0 Å². The molecule has 0 bridgehead atoms. The number of hydrogen-bond donors (Lipinski definition) is 1. The van der Waals surface area contributed by atoms with E-state index < -0.39 is 39.6 Å². The van der Waals surface area contributed by atoms with Gasteiger partial charge in [-0.25, -0.2) is 12.8 Å². The molecule has 0 unspecified atom stereocenters. The molecule has 0 aliphatic carbocycles. The van der Waals surface area contributed by atoms with Gasteiger partial charge in [-0.3, -0.25) is 4.79 Å². The third-order valence-electron chi connectivity index (χ3n) is 3.39. The number of nitrogens with zero attached hydrogens (tertiary/aromatic N) is 1. The first kappa shape index (κ1) is 15.9. The van der Waals surface area contributed by atoms with Crippen LogP contribution in [0.5, 0.6) is 0 Å². The first-order valence-corrected chi connectivity index (χ1v) is 8.07. The molecule has 6 nitrogen and oxygen atoms in total. The van der Waals surface area contributed by atoms with Crippen LogP contribution < -0.4 is 5.73 Å². The monoisotopic (exact) mass is 316 g/mol. The van der Waals surface area contributed by atoms with Crippen LogP contribution in [0.25, 0.3) is 0 Å². The summed E-state index contributed by atoms with van der Waals surface area (Å²) in [6.45, 7) is 1.77. The van der Waals surface area contributed by atoms with Crippen LogP contribution in [0.3, 0.4) is 0 Å². The number of carbonyl (C=O) groups excluding carboxylic acids is 1. The van der Waals surface area contributed by atoms with Crippen molar-refractivity contribution < 1.29 is 22.3 Å². The molecule has 1 fully saturated rings. The molecule has 1 amide bonds. The van der Waals surface area contributed by atoms with Crippen molar-refractivity contribution >= 4 is 15.9 Å². The third kappa shape index (κ3) is 3.39. The number of amides is 1. The second kappa shape index (κ2) is 6.08. The van der Waals surface area contributed by atoms with Crippen molar-refractivity contribution in [2.24, 2.45) is 5.73 Å². The van der Waals surface area contributed by atoms with Gasteiger partial charge in [-0.05, 0) is 13.0 Å². The highest BCUT2D eigenvalue weighted by molar-refractivity contribution is 7.88. The van der Waals surface area contributed by atoms with E-state index >= 15 is 0 Å². The van der Waals surface area contributed by atoms with Gasteiger partial charge in [0.2, 0.25) is 15.9 Å². The summed E-state index contributed by atoms with van der Waals surface area (Å²) in [6, 6.07) is 4.56. The van der Waals surface area contributed by atoms with Crippen molar-refractivity contribution in [2.75, 3.05) is 13.2 Å². The minimum Gasteiger partial charge on any atom is -0.375 e. The first-order valence-electron chi connectivity index (χ1n) is 6.47. The third-order valence-corrected chi connectivity index (χ3v) is 5.19. The fourth-order valence-corrected chi connectivity index (χ4v) is 4.14. The van der Waals surface area contributed by atoms with E-state index in [2.05, 4.69) is 0 Å². The number of sulfonamides is 1. The van der Waals surface area contributed by atoms with Crippen LogP contribution in [0.1, 0.15) is 12.5 Å². The van der Waals surface area contributed by atoms with Crippen LogP contribution in [0.4, 0.5) is 4.39 Å². The second-order valence-corrected chi connectivity index (χ2v) is 6.80. The molecule has 1 heterocycles. The van der Waals surface area contributed by atoms with E-state index in [4.69, 9.17) is 10.5 Å². The molecule has 1 aliphatic rings. The summed E-state index contributed by atoms with van der Waals surface area (Å²) in [6.07, 6.45) is -0.633. The van der Waals surface area contributed by atoms with E-state index in [0.717, 1.165) is 4.31 Å². The SMILES string of the molecule is C[C@H]1OCCN(S(=O)(=O)Cc2ccccc2F)[C@@H]1C(N)=O. The van der Waals surface area contributed by atoms with Crippen molar-refractivity contribution in [1.29, 1.82) is 0 Å². The van der Waals surface area contributed by atoms with Crippen LogP contribution in [-0.2, 0) is 25.3 Å². The molecule has 0 radical (unpaired) electrons. The predicted molar refractivity (Wildman–Crippen MR) is 74.1 cm³/mol. The molecular weight excluding hydrogens is 299 g/mol. The van der Waals surface area contributed by atoms with E-state index in [0.29, 0.717) is 0 Å². The van der Waals surface area contributed by atoms with Gasteiger partial charge in [-0.1, -0.05) is 18.2 Å². The summed E-state index contributed by atoms with van der Waals surface area (Å²) in [5.74, 6) is -1.90. The van der Waals surface area contributed by atoms with Gasteiger partial charge < -0.3 is 10.5 Å². The average molecular weight is 316 g/mol. The van der Waals surface area contributed by atoms with E-state index in [1.165, 1.54) is 18.2 Å². The lowest BCUT2D eigenvalue weighted by Crippen LogP contribution is -2.58. The molecule has 1 aromatic carbocycles. The first-order chi connectivity index (χ1) is 9.83. The predicted octanol–water partition coefficient (Wildman–Crippen LogP) is 0.230. The lowest BCUT2D eigenvalue weighted by molar-refractivity contribution is -0.130. The van der Waals surface area contributed by atoms with Gasteiger partial charge in [0.1, 0.15) is 11.9 Å². The fraction of sp³-hybridized carbons (Fsp3) is 0.462. The number of morpholine rings is 1. The summed E-state index contributed by atoms with van der Waals surface area (Å²) in [4.78, 5) is 11.5. The lowest BCUT2D eigenvalue weighted by atomic mass is 10.1. The van der Waals surface area contributed by atoms with E-state index in [9.17, 15) is 17.6 Å². The molecule has 1 aliphatic heterocycles. The molecule has 2 atom stereocenters. The molecule has 0 spiro atoms. The summed E-state index contributed by atoms with van der Waals surface area (Å²) in [5.41, 5.74) is 5.32. The van der Waals surface area contributed by atoms with Crippen molar-refractivity contribution in [3.8, 4) is 0 Å². The number of ether oxygens (including phenoxy) is 1. The summed E-state index contributed by atoms with van der Waals surface area (Å²) in [7, 11) is -3.87. The van der Waals surface area contributed by atoms with Crippen LogP contribution in [0, 0.1) is 5.82 Å². The number of rotatable bonds is 4. The maximum atomic E-state index is 13.6.